The van der Waals surface area contributed by atoms with Crippen LogP contribution in [-0.4, -0.2) is 96.0 Å². The highest BCUT2D eigenvalue weighted by Crippen LogP contribution is 2.24. The largest absolute Gasteiger partial charge is 0.462 e. The Kier molecular flexibility index (Phi) is 26.3. The molecule has 1 heterocycles. The molecule has 0 spiro atoms. The minimum atomic E-state index is -4.59. The van der Waals surface area contributed by atoms with Crippen molar-refractivity contribution in [2.24, 2.45) is 0 Å². The summed E-state index contributed by atoms with van der Waals surface area (Å²) in [4.78, 5) is 25.1. The summed E-state index contributed by atoms with van der Waals surface area (Å²) in [5, 5.41) is 30.7. The zero-order valence-corrected chi connectivity index (χ0v) is 31.1. The molecule has 13 heteroatoms. The molecule has 0 aromatic heterocycles. The van der Waals surface area contributed by atoms with Gasteiger partial charge in [0.2, 0.25) is 0 Å². The summed E-state index contributed by atoms with van der Waals surface area (Å²) >= 11 is 0. The summed E-state index contributed by atoms with van der Waals surface area (Å²) in [6.45, 7) is 3.68. The summed E-state index contributed by atoms with van der Waals surface area (Å²) in [6.07, 6.45) is 14.7. The van der Waals surface area contributed by atoms with Gasteiger partial charge >= 0.3 is 11.9 Å². The number of hydrogen-bond acceptors (Lipinski definition) is 11. The van der Waals surface area contributed by atoms with E-state index in [1.807, 2.05) is 0 Å². The van der Waals surface area contributed by atoms with Crippen molar-refractivity contribution in [1.29, 1.82) is 0 Å². The Morgan fingerprint density at radius 3 is 1.49 bits per heavy atom. The van der Waals surface area contributed by atoms with Crippen molar-refractivity contribution in [2.75, 3.05) is 19.0 Å². The monoisotopic (exact) mass is 724 g/mol. The molecule has 290 valence electrons. The van der Waals surface area contributed by atoms with Crippen molar-refractivity contribution in [3.63, 3.8) is 0 Å². The van der Waals surface area contributed by atoms with Crippen molar-refractivity contribution >= 4 is 22.1 Å². The summed E-state index contributed by atoms with van der Waals surface area (Å²) < 4.78 is 53.7. The molecule has 2 unspecified atom stereocenters. The average Bonchev–Trinajstić information content (AvgIpc) is 3.05. The molecule has 0 bridgehead atoms. The van der Waals surface area contributed by atoms with Gasteiger partial charge in [-0.15, -0.1) is 0 Å². The fourth-order valence-corrected chi connectivity index (χ4v) is 6.60. The van der Waals surface area contributed by atoms with E-state index in [0.717, 1.165) is 38.5 Å². The Morgan fingerprint density at radius 2 is 1.04 bits per heavy atom. The smallest absolute Gasteiger partial charge is 0.306 e. The first kappa shape index (κ1) is 45.7. The first-order valence-electron chi connectivity index (χ1n) is 19.1. The highest BCUT2D eigenvalue weighted by atomic mass is 32.2. The van der Waals surface area contributed by atoms with Gasteiger partial charge in [-0.3, -0.25) is 14.1 Å². The molecule has 1 aliphatic heterocycles. The van der Waals surface area contributed by atoms with Crippen LogP contribution in [0.3, 0.4) is 0 Å². The molecule has 4 N–H and O–H groups in total. The molecular weight excluding hydrogens is 656 g/mol. The molecule has 0 aromatic rings. The van der Waals surface area contributed by atoms with Crippen LogP contribution in [0.1, 0.15) is 162 Å². The van der Waals surface area contributed by atoms with Crippen LogP contribution in [-0.2, 0) is 38.7 Å². The van der Waals surface area contributed by atoms with Crippen LogP contribution < -0.4 is 0 Å². The maximum atomic E-state index is 12.7. The summed E-state index contributed by atoms with van der Waals surface area (Å²) in [5.41, 5.74) is 0. The second-order valence-corrected chi connectivity index (χ2v) is 15.1. The molecule has 1 fully saturated rings. The summed E-state index contributed by atoms with van der Waals surface area (Å²) in [7, 11) is -4.59. The highest BCUT2D eigenvalue weighted by molar-refractivity contribution is 7.85. The van der Waals surface area contributed by atoms with E-state index in [0.29, 0.717) is 12.8 Å². The number of unbranched alkanes of at least 4 members (excludes halogenated alkanes) is 19. The molecule has 0 radical (unpaired) electrons. The SMILES string of the molecule is CCCCCCCCCCCCCCCCC(=O)O[C@H](COC(=O)CCCCCCCCC)CO[C@H]1O[C@H](CS(=O)(=O)O)[C@@H](O)C(O)C1O. The molecule has 12 nitrogen and oxygen atoms in total. The standard InChI is InChI=1S/C36H68O12S/c1-3-5-7-9-11-12-13-14-15-16-17-19-21-23-25-32(38)47-29(26-45-31(37)24-22-20-18-10-8-6-4-2)27-46-36-35(41)34(40)33(39)30(48-36)28-49(42,43)44/h29-30,33-36,39-41H,3-28H2,1-2H3,(H,42,43,44)/t29-,30-,33-,34?,35?,36+/m1/s1. The molecule has 1 rings (SSSR count). The van der Waals surface area contributed by atoms with E-state index < -0.39 is 71.2 Å². The Morgan fingerprint density at radius 1 is 0.612 bits per heavy atom. The van der Waals surface area contributed by atoms with Gasteiger partial charge in [0.25, 0.3) is 10.1 Å². The van der Waals surface area contributed by atoms with Crippen molar-refractivity contribution in [1.82, 2.24) is 0 Å². The average molecular weight is 725 g/mol. The number of aliphatic hydroxyl groups is 3. The second kappa shape index (κ2) is 28.3. The molecule has 1 aliphatic rings. The van der Waals surface area contributed by atoms with E-state index in [2.05, 4.69) is 13.8 Å². The summed E-state index contributed by atoms with van der Waals surface area (Å²) in [5.74, 6) is -1.98. The Labute approximate surface area is 295 Å². The van der Waals surface area contributed by atoms with E-state index in [-0.39, 0.29) is 19.4 Å². The van der Waals surface area contributed by atoms with Crippen LogP contribution in [0.5, 0.6) is 0 Å². The number of hydrogen-bond donors (Lipinski definition) is 4. The van der Waals surface area contributed by atoms with Crippen LogP contribution >= 0.6 is 0 Å². The molecule has 0 aromatic carbocycles. The minimum absolute atomic E-state index is 0.171. The third-order valence-corrected chi connectivity index (χ3v) is 9.69. The Bertz CT molecular complexity index is 946. The number of rotatable bonds is 31. The number of ether oxygens (including phenoxy) is 4. The normalized spacial score (nSPS) is 21.8. The maximum absolute atomic E-state index is 12.7. The van der Waals surface area contributed by atoms with Crippen molar-refractivity contribution < 1.29 is 56.8 Å². The van der Waals surface area contributed by atoms with E-state index in [1.165, 1.54) is 83.5 Å². The molecule has 0 amide bonds. The lowest BCUT2D eigenvalue weighted by Gasteiger charge is -2.40. The van der Waals surface area contributed by atoms with Crippen LogP contribution in [0.2, 0.25) is 0 Å². The number of esters is 2. The van der Waals surface area contributed by atoms with E-state index in [1.54, 1.807) is 0 Å². The second-order valence-electron chi connectivity index (χ2n) is 13.6. The van der Waals surface area contributed by atoms with Gasteiger partial charge < -0.3 is 34.3 Å². The predicted molar refractivity (Wildman–Crippen MR) is 187 cm³/mol. The van der Waals surface area contributed by atoms with E-state index in [9.17, 15) is 37.9 Å². The van der Waals surface area contributed by atoms with Gasteiger partial charge in [-0.05, 0) is 12.8 Å². The van der Waals surface area contributed by atoms with Crippen molar-refractivity contribution in [2.45, 2.75) is 198 Å². The third-order valence-electron chi connectivity index (χ3n) is 8.94. The van der Waals surface area contributed by atoms with E-state index in [4.69, 9.17) is 18.9 Å². The quantitative estimate of drug-likeness (QED) is 0.0363. The van der Waals surface area contributed by atoms with Gasteiger partial charge in [-0.1, -0.05) is 136 Å². The molecule has 1 saturated heterocycles. The zero-order chi connectivity index (χ0) is 36.3. The summed E-state index contributed by atoms with van der Waals surface area (Å²) in [6, 6.07) is 0. The maximum Gasteiger partial charge on any atom is 0.306 e. The Balaban J connectivity index is 2.50. The van der Waals surface area contributed by atoms with E-state index >= 15 is 0 Å². The van der Waals surface area contributed by atoms with Gasteiger partial charge in [-0.2, -0.15) is 8.42 Å². The molecular formula is C36H68O12S. The van der Waals surface area contributed by atoms with Gasteiger partial charge in [0.1, 0.15) is 36.8 Å². The fourth-order valence-electron chi connectivity index (χ4n) is 5.91. The molecule has 6 atom stereocenters. The fraction of sp³-hybridized carbons (Fsp3) is 0.944. The van der Waals surface area contributed by atoms with Crippen LogP contribution in [0, 0.1) is 0 Å². The van der Waals surface area contributed by atoms with Crippen molar-refractivity contribution in [3.8, 4) is 0 Å². The topological polar surface area (TPSA) is 186 Å². The van der Waals surface area contributed by atoms with Gasteiger partial charge in [0, 0.05) is 12.8 Å². The highest BCUT2D eigenvalue weighted by Gasteiger charge is 2.46. The molecule has 49 heavy (non-hydrogen) atoms. The molecule has 0 aliphatic carbocycles. The lowest BCUT2D eigenvalue weighted by atomic mass is 10.00. The van der Waals surface area contributed by atoms with Gasteiger partial charge in [0.15, 0.2) is 12.4 Å². The number of carbonyl (C=O) groups excluding carboxylic acids is 2. The Hall–Kier alpha value is -1.35. The predicted octanol–water partition coefficient (Wildman–Crippen LogP) is 6.17. The van der Waals surface area contributed by atoms with Crippen LogP contribution in [0.15, 0.2) is 0 Å². The van der Waals surface area contributed by atoms with Crippen molar-refractivity contribution in [3.05, 3.63) is 0 Å². The third kappa shape index (κ3) is 23.7. The minimum Gasteiger partial charge on any atom is -0.462 e. The first-order chi connectivity index (χ1) is 23.5. The van der Waals surface area contributed by atoms with Gasteiger partial charge in [-0.25, -0.2) is 0 Å². The number of aliphatic hydroxyl groups excluding tert-OH is 3. The van der Waals surface area contributed by atoms with Crippen LogP contribution in [0.25, 0.3) is 0 Å². The lowest BCUT2D eigenvalue weighted by Crippen LogP contribution is -2.60. The lowest BCUT2D eigenvalue weighted by molar-refractivity contribution is -0.297. The zero-order valence-electron chi connectivity index (χ0n) is 30.3. The van der Waals surface area contributed by atoms with Crippen LogP contribution in [0.4, 0.5) is 0 Å². The number of carbonyl (C=O) groups is 2. The van der Waals surface area contributed by atoms with Gasteiger partial charge in [0.05, 0.1) is 6.61 Å². The first-order valence-corrected chi connectivity index (χ1v) is 20.7. The molecule has 0 saturated carbocycles.